The zero-order valence-corrected chi connectivity index (χ0v) is 12.6. The highest BCUT2D eigenvalue weighted by Crippen LogP contribution is 2.26. The molecular weight excluding hydrogens is 262 g/mol. The van der Waals surface area contributed by atoms with Crippen LogP contribution in [0.15, 0.2) is 16.5 Å². The molecule has 0 spiro atoms. The summed E-state index contributed by atoms with van der Waals surface area (Å²) in [6, 6.07) is 4.15. The second-order valence-electron chi connectivity index (χ2n) is 4.67. The fourth-order valence-electron chi connectivity index (χ4n) is 2.21. The van der Waals surface area contributed by atoms with Crippen molar-refractivity contribution in [2.45, 2.75) is 32.7 Å². The van der Waals surface area contributed by atoms with Gasteiger partial charge in [0.25, 0.3) is 0 Å². The molecule has 104 valence electrons. The largest absolute Gasteiger partial charge is 0.464 e. The molecule has 2 aromatic heterocycles. The van der Waals surface area contributed by atoms with E-state index >= 15 is 0 Å². The van der Waals surface area contributed by atoms with Crippen LogP contribution in [0.2, 0.25) is 5.02 Å². The van der Waals surface area contributed by atoms with Gasteiger partial charge in [-0.05, 0) is 26.1 Å². The first kappa shape index (κ1) is 14.2. The third kappa shape index (κ3) is 2.85. The summed E-state index contributed by atoms with van der Waals surface area (Å²) in [6.07, 6.45) is 1.66. The summed E-state index contributed by atoms with van der Waals surface area (Å²) < 4.78 is 7.65. The van der Waals surface area contributed by atoms with E-state index in [1.54, 1.807) is 0 Å². The number of nitrogens with one attached hydrogen (secondary N) is 1. The van der Waals surface area contributed by atoms with Crippen LogP contribution in [0.1, 0.15) is 35.9 Å². The van der Waals surface area contributed by atoms with E-state index in [0.717, 1.165) is 40.8 Å². The smallest absolute Gasteiger partial charge is 0.121 e. The molecule has 1 unspecified atom stereocenters. The van der Waals surface area contributed by atoms with Gasteiger partial charge in [-0.1, -0.05) is 18.5 Å². The SMILES string of the molecule is CCc1ccc(C(Cc2c(Cl)c(C)nn2C)NC)o1. The predicted octanol–water partition coefficient (Wildman–Crippen LogP) is 3.04. The normalized spacial score (nSPS) is 12.9. The van der Waals surface area contributed by atoms with Crippen LogP contribution in [0.5, 0.6) is 0 Å². The summed E-state index contributed by atoms with van der Waals surface area (Å²) in [4.78, 5) is 0. The third-order valence-electron chi connectivity index (χ3n) is 3.38. The number of likely N-dealkylation sites (N-methyl/N-ethyl adjacent to an activating group) is 1. The van der Waals surface area contributed by atoms with Crippen LogP contribution in [-0.2, 0) is 19.9 Å². The lowest BCUT2D eigenvalue weighted by Crippen LogP contribution is -2.19. The molecule has 0 fully saturated rings. The van der Waals surface area contributed by atoms with E-state index in [-0.39, 0.29) is 6.04 Å². The number of nitrogens with zero attached hydrogens (tertiary/aromatic N) is 2. The minimum Gasteiger partial charge on any atom is -0.464 e. The van der Waals surface area contributed by atoms with Gasteiger partial charge in [-0.15, -0.1) is 0 Å². The Morgan fingerprint density at radius 2 is 2.21 bits per heavy atom. The second-order valence-corrected chi connectivity index (χ2v) is 5.05. The van der Waals surface area contributed by atoms with E-state index in [1.165, 1.54) is 0 Å². The van der Waals surface area contributed by atoms with Gasteiger partial charge in [-0.2, -0.15) is 5.10 Å². The van der Waals surface area contributed by atoms with Gasteiger partial charge >= 0.3 is 0 Å². The van der Waals surface area contributed by atoms with E-state index in [9.17, 15) is 0 Å². The molecule has 0 saturated heterocycles. The molecule has 0 bridgehead atoms. The Labute approximate surface area is 118 Å². The van der Waals surface area contributed by atoms with Crippen molar-refractivity contribution in [2.75, 3.05) is 7.05 Å². The Hall–Kier alpha value is -1.26. The molecule has 0 aromatic carbocycles. The fraction of sp³-hybridized carbons (Fsp3) is 0.500. The molecule has 2 heterocycles. The van der Waals surface area contributed by atoms with Crippen molar-refractivity contribution < 1.29 is 4.42 Å². The molecule has 0 radical (unpaired) electrons. The molecule has 2 aromatic rings. The summed E-state index contributed by atoms with van der Waals surface area (Å²) in [5.74, 6) is 1.94. The van der Waals surface area contributed by atoms with Crippen LogP contribution < -0.4 is 5.32 Å². The average molecular weight is 282 g/mol. The maximum Gasteiger partial charge on any atom is 0.121 e. The van der Waals surface area contributed by atoms with Crippen molar-refractivity contribution in [3.05, 3.63) is 40.1 Å². The van der Waals surface area contributed by atoms with E-state index in [1.807, 2.05) is 37.8 Å². The number of hydrogen-bond donors (Lipinski definition) is 1. The Kier molecular flexibility index (Phi) is 4.32. The molecule has 4 nitrogen and oxygen atoms in total. The quantitative estimate of drug-likeness (QED) is 0.916. The van der Waals surface area contributed by atoms with Crippen molar-refractivity contribution in [2.24, 2.45) is 7.05 Å². The Morgan fingerprint density at radius 3 is 2.68 bits per heavy atom. The van der Waals surface area contributed by atoms with E-state index in [2.05, 4.69) is 17.3 Å². The van der Waals surface area contributed by atoms with Crippen LogP contribution in [-0.4, -0.2) is 16.8 Å². The molecule has 0 amide bonds. The highest BCUT2D eigenvalue weighted by molar-refractivity contribution is 6.31. The minimum absolute atomic E-state index is 0.104. The van der Waals surface area contributed by atoms with Gasteiger partial charge in [0.15, 0.2) is 0 Å². The molecule has 1 N–H and O–H groups in total. The molecule has 19 heavy (non-hydrogen) atoms. The lowest BCUT2D eigenvalue weighted by atomic mass is 10.1. The molecular formula is C14H20ClN3O. The van der Waals surface area contributed by atoms with Gasteiger partial charge < -0.3 is 9.73 Å². The zero-order chi connectivity index (χ0) is 14.0. The molecule has 5 heteroatoms. The average Bonchev–Trinajstić information content (AvgIpc) is 2.95. The number of halogens is 1. The Morgan fingerprint density at radius 1 is 1.47 bits per heavy atom. The lowest BCUT2D eigenvalue weighted by Gasteiger charge is -2.14. The molecule has 1 atom stereocenters. The Balaban J connectivity index is 2.23. The van der Waals surface area contributed by atoms with E-state index in [4.69, 9.17) is 16.0 Å². The standard InChI is InChI=1S/C14H20ClN3O/c1-5-10-6-7-13(19-10)11(16-3)8-12-14(15)9(2)17-18(12)4/h6-7,11,16H,5,8H2,1-4H3. The second kappa shape index (κ2) is 5.80. The number of rotatable bonds is 5. The van der Waals surface area contributed by atoms with Crippen molar-refractivity contribution in [1.29, 1.82) is 0 Å². The first-order chi connectivity index (χ1) is 9.06. The van der Waals surface area contributed by atoms with Crippen molar-refractivity contribution in [3.63, 3.8) is 0 Å². The third-order valence-corrected chi connectivity index (χ3v) is 3.87. The van der Waals surface area contributed by atoms with Crippen molar-refractivity contribution >= 4 is 11.6 Å². The van der Waals surface area contributed by atoms with E-state index < -0.39 is 0 Å². The highest BCUT2D eigenvalue weighted by atomic mass is 35.5. The van der Waals surface area contributed by atoms with Gasteiger partial charge in [-0.3, -0.25) is 4.68 Å². The summed E-state index contributed by atoms with van der Waals surface area (Å²) in [6.45, 7) is 4.00. The summed E-state index contributed by atoms with van der Waals surface area (Å²) in [5, 5.41) is 8.35. The highest BCUT2D eigenvalue weighted by Gasteiger charge is 2.19. The predicted molar refractivity (Wildman–Crippen MR) is 76.5 cm³/mol. The molecule has 0 aliphatic rings. The maximum absolute atomic E-state index is 6.29. The van der Waals surface area contributed by atoms with Gasteiger partial charge in [0.1, 0.15) is 11.5 Å². The topological polar surface area (TPSA) is 43.0 Å². The molecule has 2 rings (SSSR count). The first-order valence-corrected chi connectivity index (χ1v) is 6.88. The van der Waals surface area contributed by atoms with Crippen LogP contribution in [0.3, 0.4) is 0 Å². The number of aromatic nitrogens is 2. The van der Waals surface area contributed by atoms with Crippen LogP contribution in [0.4, 0.5) is 0 Å². The summed E-state index contributed by atoms with van der Waals surface area (Å²) >= 11 is 6.29. The monoisotopic (exact) mass is 281 g/mol. The van der Waals surface area contributed by atoms with Crippen LogP contribution >= 0.6 is 11.6 Å². The van der Waals surface area contributed by atoms with E-state index in [0.29, 0.717) is 0 Å². The van der Waals surface area contributed by atoms with Crippen LogP contribution in [0, 0.1) is 6.92 Å². The minimum atomic E-state index is 0.104. The fourth-order valence-corrected chi connectivity index (χ4v) is 2.45. The molecule has 0 saturated carbocycles. The first-order valence-electron chi connectivity index (χ1n) is 6.50. The molecule has 0 aliphatic heterocycles. The van der Waals surface area contributed by atoms with Crippen LogP contribution in [0.25, 0.3) is 0 Å². The van der Waals surface area contributed by atoms with Gasteiger partial charge in [0.05, 0.1) is 22.5 Å². The van der Waals surface area contributed by atoms with Gasteiger partial charge in [0, 0.05) is 19.9 Å². The van der Waals surface area contributed by atoms with Gasteiger partial charge in [0.2, 0.25) is 0 Å². The number of hydrogen-bond acceptors (Lipinski definition) is 3. The summed E-state index contributed by atoms with van der Waals surface area (Å²) in [5.41, 5.74) is 1.88. The Bertz CT molecular complexity index is 559. The summed E-state index contributed by atoms with van der Waals surface area (Å²) in [7, 11) is 3.84. The van der Waals surface area contributed by atoms with Gasteiger partial charge in [-0.25, -0.2) is 0 Å². The molecule has 0 aliphatic carbocycles. The lowest BCUT2D eigenvalue weighted by molar-refractivity contribution is 0.402. The van der Waals surface area contributed by atoms with Crippen molar-refractivity contribution in [1.82, 2.24) is 15.1 Å². The van der Waals surface area contributed by atoms with Crippen molar-refractivity contribution in [3.8, 4) is 0 Å². The maximum atomic E-state index is 6.29. The number of aryl methyl sites for hydroxylation is 3. The number of furan rings is 1. The zero-order valence-electron chi connectivity index (χ0n) is 11.8.